The highest BCUT2D eigenvalue weighted by molar-refractivity contribution is 7.92. The van der Waals surface area contributed by atoms with E-state index in [1.807, 2.05) is 52.0 Å². The van der Waals surface area contributed by atoms with Crippen LogP contribution in [0.4, 0.5) is 9.18 Å². The van der Waals surface area contributed by atoms with Gasteiger partial charge in [0.1, 0.15) is 17.2 Å². The molecule has 44 heavy (non-hydrogen) atoms. The number of carbonyl (C=O) groups excluding carboxylic acids is 1. The number of imidazole rings is 1. The van der Waals surface area contributed by atoms with Crippen molar-refractivity contribution in [1.82, 2.24) is 23.8 Å². The fraction of sp³-hybridized carbons (Fsp3) is 0.406. The smallest absolute Gasteiger partial charge is 0.410 e. The van der Waals surface area contributed by atoms with Crippen molar-refractivity contribution < 1.29 is 18.1 Å². The number of ether oxygens (including phenoxy) is 1. The summed E-state index contributed by atoms with van der Waals surface area (Å²) >= 11 is 0. The Morgan fingerprint density at radius 1 is 1.07 bits per heavy atom. The van der Waals surface area contributed by atoms with Crippen LogP contribution in [0.25, 0.3) is 17.2 Å². The molecule has 12 heteroatoms. The predicted octanol–water partition coefficient (Wildman–Crippen LogP) is 5.65. The van der Waals surface area contributed by atoms with Crippen LogP contribution in [0.5, 0.6) is 0 Å². The summed E-state index contributed by atoms with van der Waals surface area (Å²) in [5.74, 6) is 0.183. The molecule has 0 aliphatic carbocycles. The normalized spacial score (nSPS) is 15.3. The summed E-state index contributed by atoms with van der Waals surface area (Å²) in [6, 6.07) is 10.3. The Hall–Kier alpha value is -4.19. The number of aryl methyl sites for hydroxylation is 2. The highest BCUT2D eigenvalue weighted by Gasteiger charge is 2.37. The van der Waals surface area contributed by atoms with Gasteiger partial charge in [-0.1, -0.05) is 12.1 Å². The molecule has 1 amide bonds. The molecule has 0 fully saturated rings. The maximum atomic E-state index is 14.6. The Kier molecular flexibility index (Phi) is 8.08. The molecule has 0 bridgehead atoms. The molecule has 0 saturated carbocycles. The molecule has 2 aromatic carbocycles. The van der Waals surface area contributed by atoms with E-state index in [4.69, 9.17) is 9.84 Å². The molecule has 3 heterocycles. The van der Waals surface area contributed by atoms with E-state index in [9.17, 15) is 18.2 Å². The Balaban J connectivity index is 1.64. The molecule has 0 saturated heterocycles. The number of benzene rings is 2. The maximum absolute atomic E-state index is 14.6. The third kappa shape index (κ3) is 6.21. The summed E-state index contributed by atoms with van der Waals surface area (Å²) in [5.41, 5.74) is 3.52. The first-order chi connectivity index (χ1) is 20.5. The second-order valence-corrected chi connectivity index (χ2v) is 15.2. The molecular weight excluding hydrogens is 583 g/mol. The first kappa shape index (κ1) is 31.2. The van der Waals surface area contributed by atoms with Crippen molar-refractivity contribution in [2.24, 2.45) is 4.36 Å². The molecule has 0 unspecified atom stereocenters. The molecule has 5 rings (SSSR count). The fourth-order valence-corrected chi connectivity index (χ4v) is 5.87. The van der Waals surface area contributed by atoms with Gasteiger partial charge in [-0.2, -0.15) is 5.10 Å². The Morgan fingerprint density at radius 3 is 2.27 bits per heavy atom. The van der Waals surface area contributed by atoms with E-state index in [0.717, 1.165) is 16.8 Å². The quantitative estimate of drug-likeness (QED) is 0.286. The minimum Gasteiger partial charge on any atom is -0.444 e. The summed E-state index contributed by atoms with van der Waals surface area (Å²) in [6.07, 6.45) is 6.55. The molecular formula is C32H39FN6O4S. The molecule has 0 spiro atoms. The number of hydrogen-bond acceptors (Lipinski definition) is 6. The van der Waals surface area contributed by atoms with Crippen LogP contribution in [0.15, 0.2) is 57.9 Å². The number of fused-ring (bicyclic) bond motifs is 1. The standard InChI is InChI=1S/C32H39FN6O4S/c1-20-17-25(18-21(2)28(20)33)39-29(27-22(3)36(14-13-26(27)35-39)31(41)43-32(4,5)6)38-16-15-37(30(38)40)24-11-9-23(10-12-24)19-34-44(7,8)42/h9-12,15-18,22H,13-14,19H2,1-8H3/t22-/m0/s1. The third-order valence-electron chi connectivity index (χ3n) is 7.52. The molecule has 10 nitrogen and oxygen atoms in total. The van der Waals surface area contributed by atoms with Gasteiger partial charge >= 0.3 is 11.8 Å². The van der Waals surface area contributed by atoms with Crippen LogP contribution in [-0.4, -0.2) is 58.8 Å². The highest BCUT2D eigenvalue weighted by atomic mass is 32.2. The van der Waals surface area contributed by atoms with Crippen molar-refractivity contribution in [3.8, 4) is 17.2 Å². The maximum Gasteiger partial charge on any atom is 0.410 e. The van der Waals surface area contributed by atoms with E-state index in [2.05, 4.69) is 4.36 Å². The van der Waals surface area contributed by atoms with Crippen molar-refractivity contribution in [2.45, 2.75) is 66.2 Å². The lowest BCUT2D eigenvalue weighted by atomic mass is 10.00. The lowest BCUT2D eigenvalue weighted by Gasteiger charge is -2.34. The van der Waals surface area contributed by atoms with Crippen molar-refractivity contribution in [3.05, 3.63) is 93.0 Å². The van der Waals surface area contributed by atoms with E-state index in [1.54, 1.807) is 60.5 Å². The van der Waals surface area contributed by atoms with Gasteiger partial charge in [0.25, 0.3) is 0 Å². The lowest BCUT2D eigenvalue weighted by molar-refractivity contribution is 0.0159. The zero-order chi connectivity index (χ0) is 32.1. The van der Waals surface area contributed by atoms with Crippen LogP contribution < -0.4 is 5.69 Å². The Labute approximate surface area is 257 Å². The van der Waals surface area contributed by atoms with Gasteiger partial charge in [0.15, 0.2) is 0 Å². The van der Waals surface area contributed by atoms with Crippen molar-refractivity contribution in [2.75, 3.05) is 19.1 Å². The van der Waals surface area contributed by atoms with E-state index in [-0.39, 0.29) is 11.5 Å². The van der Waals surface area contributed by atoms with Crippen LogP contribution in [0.2, 0.25) is 0 Å². The molecule has 234 valence electrons. The number of hydrogen-bond donors (Lipinski definition) is 0. The van der Waals surface area contributed by atoms with Gasteiger partial charge in [0.05, 0.1) is 29.7 Å². The monoisotopic (exact) mass is 622 g/mol. The Morgan fingerprint density at radius 2 is 1.68 bits per heavy atom. The van der Waals surface area contributed by atoms with Gasteiger partial charge in [0.2, 0.25) is 0 Å². The molecule has 4 aromatic rings. The van der Waals surface area contributed by atoms with Gasteiger partial charge in [-0.05, 0) is 82.5 Å². The summed E-state index contributed by atoms with van der Waals surface area (Å²) in [4.78, 5) is 28.9. The van der Waals surface area contributed by atoms with E-state index in [0.29, 0.717) is 47.8 Å². The van der Waals surface area contributed by atoms with Gasteiger partial charge in [-0.3, -0.25) is 13.3 Å². The summed E-state index contributed by atoms with van der Waals surface area (Å²) in [5, 5.41) is 4.92. The van der Waals surface area contributed by atoms with E-state index < -0.39 is 27.5 Å². The van der Waals surface area contributed by atoms with Crippen LogP contribution in [0, 0.1) is 19.7 Å². The molecule has 0 radical (unpaired) electrons. The zero-order valence-electron chi connectivity index (χ0n) is 26.4. The summed E-state index contributed by atoms with van der Waals surface area (Å²) in [6.45, 7) is 11.5. The molecule has 1 aliphatic rings. The Bertz CT molecular complexity index is 1890. The first-order valence-corrected chi connectivity index (χ1v) is 16.8. The second kappa shape index (κ2) is 11.4. The van der Waals surface area contributed by atoms with E-state index in [1.165, 1.54) is 9.13 Å². The van der Waals surface area contributed by atoms with Gasteiger partial charge in [0, 0.05) is 53.2 Å². The minimum atomic E-state index is -2.22. The second-order valence-electron chi connectivity index (χ2n) is 12.5. The highest BCUT2D eigenvalue weighted by Crippen LogP contribution is 2.36. The molecule has 0 N–H and O–H groups in total. The van der Waals surface area contributed by atoms with Gasteiger partial charge < -0.3 is 9.64 Å². The first-order valence-electron chi connectivity index (χ1n) is 14.4. The number of halogens is 1. The lowest BCUT2D eigenvalue weighted by Crippen LogP contribution is -2.42. The van der Waals surface area contributed by atoms with Crippen LogP contribution in [0.1, 0.15) is 61.7 Å². The zero-order valence-corrected chi connectivity index (χ0v) is 27.2. The van der Waals surface area contributed by atoms with Gasteiger partial charge in [-0.25, -0.2) is 23.0 Å². The SMILES string of the molecule is Cc1cc(-n2nc3c(c2-n2ccn(-c4ccc(CN=S(C)(C)=O)cc4)c2=O)[C@H](C)N(C(=O)OC(C)(C)C)CC3)cc(C)c1F. The predicted molar refractivity (Wildman–Crippen MR) is 169 cm³/mol. The largest absolute Gasteiger partial charge is 0.444 e. The van der Waals surface area contributed by atoms with E-state index >= 15 is 0 Å². The number of amides is 1. The minimum absolute atomic E-state index is 0.295. The topological polar surface area (TPSA) is 104 Å². The van der Waals surface area contributed by atoms with Crippen molar-refractivity contribution in [1.29, 1.82) is 0 Å². The summed E-state index contributed by atoms with van der Waals surface area (Å²) in [7, 11) is -2.22. The summed E-state index contributed by atoms with van der Waals surface area (Å²) < 4.78 is 41.2. The van der Waals surface area contributed by atoms with Crippen molar-refractivity contribution in [3.63, 3.8) is 0 Å². The average molecular weight is 623 g/mol. The number of carbonyl (C=O) groups is 1. The van der Waals surface area contributed by atoms with Crippen LogP contribution >= 0.6 is 0 Å². The number of rotatable bonds is 5. The molecule has 1 aliphatic heterocycles. The van der Waals surface area contributed by atoms with Crippen molar-refractivity contribution >= 4 is 15.8 Å². The molecule has 2 aromatic heterocycles. The average Bonchev–Trinajstić information content (AvgIpc) is 3.50. The number of nitrogens with zero attached hydrogens (tertiary/aromatic N) is 6. The molecule has 1 atom stereocenters. The number of aromatic nitrogens is 4. The third-order valence-corrected chi connectivity index (χ3v) is 8.27. The van der Waals surface area contributed by atoms with Crippen LogP contribution in [0.3, 0.4) is 0 Å². The van der Waals surface area contributed by atoms with Crippen LogP contribution in [-0.2, 0) is 27.4 Å². The fourth-order valence-electron chi connectivity index (χ4n) is 5.41. The van der Waals surface area contributed by atoms with Gasteiger partial charge in [-0.15, -0.1) is 0 Å².